The average molecular weight is 161 g/mol. The van der Waals surface area contributed by atoms with Crippen molar-refractivity contribution in [2.45, 2.75) is 26.0 Å². The SMILES string of the molecule is COC(=O)C(O)CNC(C)C. The fourth-order valence-electron chi connectivity index (χ4n) is 0.567. The van der Waals surface area contributed by atoms with Crippen LogP contribution in [0.1, 0.15) is 13.8 Å². The van der Waals surface area contributed by atoms with Gasteiger partial charge in [-0.2, -0.15) is 0 Å². The minimum absolute atomic E-state index is 0.240. The number of nitrogens with one attached hydrogen (secondary N) is 1. The van der Waals surface area contributed by atoms with Crippen molar-refractivity contribution >= 4 is 5.97 Å². The Balaban J connectivity index is 3.52. The van der Waals surface area contributed by atoms with Crippen LogP contribution in [0.3, 0.4) is 0 Å². The summed E-state index contributed by atoms with van der Waals surface area (Å²) in [6, 6.07) is 0.259. The van der Waals surface area contributed by atoms with E-state index in [4.69, 9.17) is 5.11 Å². The van der Waals surface area contributed by atoms with E-state index in [0.717, 1.165) is 0 Å². The maximum absolute atomic E-state index is 10.6. The number of carbonyl (C=O) groups excluding carboxylic acids is 1. The molecule has 0 aromatic carbocycles. The molecule has 0 heterocycles. The van der Waals surface area contributed by atoms with Gasteiger partial charge >= 0.3 is 5.97 Å². The van der Waals surface area contributed by atoms with E-state index in [-0.39, 0.29) is 12.6 Å². The third-order valence-corrected chi connectivity index (χ3v) is 1.19. The van der Waals surface area contributed by atoms with E-state index in [9.17, 15) is 4.79 Å². The lowest BCUT2D eigenvalue weighted by molar-refractivity contribution is -0.150. The van der Waals surface area contributed by atoms with Gasteiger partial charge in [-0.15, -0.1) is 0 Å². The molecule has 0 bridgehead atoms. The lowest BCUT2D eigenvalue weighted by atomic mass is 10.3. The molecule has 0 aliphatic heterocycles. The number of aliphatic hydroxyl groups excluding tert-OH is 1. The highest BCUT2D eigenvalue weighted by Gasteiger charge is 2.14. The van der Waals surface area contributed by atoms with Gasteiger partial charge in [0.1, 0.15) is 0 Å². The Morgan fingerprint density at radius 2 is 2.18 bits per heavy atom. The van der Waals surface area contributed by atoms with Gasteiger partial charge in [0.15, 0.2) is 6.10 Å². The average Bonchev–Trinajstić information content (AvgIpc) is 1.98. The van der Waals surface area contributed by atoms with Gasteiger partial charge in [-0.05, 0) is 0 Å². The van der Waals surface area contributed by atoms with Crippen LogP contribution in [0.4, 0.5) is 0 Å². The van der Waals surface area contributed by atoms with Gasteiger partial charge in [-0.1, -0.05) is 13.8 Å². The van der Waals surface area contributed by atoms with E-state index in [1.807, 2.05) is 13.8 Å². The Bertz CT molecular complexity index is 125. The van der Waals surface area contributed by atoms with Crippen molar-refractivity contribution in [3.63, 3.8) is 0 Å². The number of methoxy groups -OCH3 is 1. The third kappa shape index (κ3) is 4.75. The molecule has 1 unspecified atom stereocenters. The van der Waals surface area contributed by atoms with Crippen LogP contribution in [-0.4, -0.2) is 36.9 Å². The normalized spacial score (nSPS) is 13.2. The molecule has 0 spiro atoms. The summed E-state index contributed by atoms with van der Waals surface area (Å²) in [7, 11) is 1.25. The predicted molar refractivity (Wildman–Crippen MR) is 41.2 cm³/mol. The first-order valence-corrected chi connectivity index (χ1v) is 3.57. The maximum atomic E-state index is 10.6. The first-order valence-electron chi connectivity index (χ1n) is 3.57. The molecule has 0 radical (unpaired) electrons. The Morgan fingerprint density at radius 1 is 1.64 bits per heavy atom. The molecule has 0 fully saturated rings. The third-order valence-electron chi connectivity index (χ3n) is 1.19. The zero-order valence-electron chi connectivity index (χ0n) is 7.13. The molecule has 0 saturated carbocycles. The van der Waals surface area contributed by atoms with E-state index in [2.05, 4.69) is 10.1 Å². The number of carbonyl (C=O) groups is 1. The summed E-state index contributed by atoms with van der Waals surface area (Å²) in [5.41, 5.74) is 0. The largest absolute Gasteiger partial charge is 0.467 e. The summed E-state index contributed by atoms with van der Waals surface area (Å²) < 4.78 is 4.32. The van der Waals surface area contributed by atoms with E-state index >= 15 is 0 Å². The molecule has 4 heteroatoms. The van der Waals surface area contributed by atoms with Crippen molar-refractivity contribution in [1.82, 2.24) is 5.32 Å². The summed E-state index contributed by atoms with van der Waals surface area (Å²) in [6.07, 6.45) is -1.05. The number of ether oxygens (including phenoxy) is 1. The number of hydrogen-bond acceptors (Lipinski definition) is 4. The van der Waals surface area contributed by atoms with Crippen molar-refractivity contribution in [2.75, 3.05) is 13.7 Å². The van der Waals surface area contributed by atoms with Crippen LogP contribution in [0, 0.1) is 0 Å². The fraction of sp³-hybridized carbons (Fsp3) is 0.857. The molecule has 0 rings (SSSR count). The fourth-order valence-corrected chi connectivity index (χ4v) is 0.567. The van der Waals surface area contributed by atoms with Crippen LogP contribution >= 0.6 is 0 Å². The minimum atomic E-state index is -1.05. The standard InChI is InChI=1S/C7H15NO3/c1-5(2)8-4-6(9)7(10)11-3/h5-6,8-9H,4H2,1-3H3. The number of rotatable bonds is 4. The molecule has 0 aliphatic rings. The van der Waals surface area contributed by atoms with Crippen LogP contribution in [-0.2, 0) is 9.53 Å². The lowest BCUT2D eigenvalue weighted by Gasteiger charge is -2.11. The van der Waals surface area contributed by atoms with E-state index in [1.165, 1.54) is 7.11 Å². The van der Waals surface area contributed by atoms with Gasteiger partial charge < -0.3 is 15.2 Å². The summed E-state index contributed by atoms with van der Waals surface area (Å²) in [6.45, 7) is 4.11. The van der Waals surface area contributed by atoms with Crippen molar-refractivity contribution in [1.29, 1.82) is 0 Å². The van der Waals surface area contributed by atoms with Crippen molar-refractivity contribution < 1.29 is 14.6 Å². The van der Waals surface area contributed by atoms with Crippen LogP contribution in [0.5, 0.6) is 0 Å². The van der Waals surface area contributed by atoms with Crippen LogP contribution in [0.25, 0.3) is 0 Å². The highest BCUT2D eigenvalue weighted by Crippen LogP contribution is 1.86. The molecule has 2 N–H and O–H groups in total. The van der Waals surface area contributed by atoms with Gasteiger partial charge in [-0.25, -0.2) is 4.79 Å². The minimum Gasteiger partial charge on any atom is -0.467 e. The molecule has 0 aromatic heterocycles. The molecule has 0 amide bonds. The Kier molecular flexibility index (Phi) is 4.81. The van der Waals surface area contributed by atoms with Crippen LogP contribution in [0.2, 0.25) is 0 Å². The van der Waals surface area contributed by atoms with E-state index in [1.54, 1.807) is 0 Å². The van der Waals surface area contributed by atoms with Gasteiger partial charge in [0.25, 0.3) is 0 Å². The maximum Gasteiger partial charge on any atom is 0.336 e. The number of aliphatic hydroxyl groups is 1. The van der Waals surface area contributed by atoms with Crippen molar-refractivity contribution in [2.24, 2.45) is 0 Å². The molecule has 1 atom stereocenters. The second-order valence-electron chi connectivity index (χ2n) is 2.60. The van der Waals surface area contributed by atoms with Crippen molar-refractivity contribution in [3.8, 4) is 0 Å². The molecular formula is C7H15NO3. The van der Waals surface area contributed by atoms with Gasteiger partial charge in [0.05, 0.1) is 7.11 Å². The monoisotopic (exact) mass is 161 g/mol. The first kappa shape index (κ1) is 10.4. The second-order valence-corrected chi connectivity index (χ2v) is 2.60. The summed E-state index contributed by atoms with van der Waals surface area (Å²) in [5, 5.41) is 11.9. The number of esters is 1. The molecule has 66 valence electrons. The Labute approximate surface area is 66.5 Å². The topological polar surface area (TPSA) is 58.6 Å². The lowest BCUT2D eigenvalue weighted by Crippen LogP contribution is -2.37. The van der Waals surface area contributed by atoms with Crippen LogP contribution in [0.15, 0.2) is 0 Å². The molecule has 0 aliphatic carbocycles. The predicted octanol–water partition coefficient (Wildman–Crippen LogP) is -0.482. The van der Waals surface area contributed by atoms with Crippen molar-refractivity contribution in [3.05, 3.63) is 0 Å². The zero-order valence-corrected chi connectivity index (χ0v) is 7.13. The summed E-state index contributed by atoms with van der Waals surface area (Å²) in [4.78, 5) is 10.6. The first-order chi connectivity index (χ1) is 5.07. The quantitative estimate of drug-likeness (QED) is 0.547. The molecular weight excluding hydrogens is 146 g/mol. The Morgan fingerprint density at radius 3 is 2.55 bits per heavy atom. The van der Waals surface area contributed by atoms with Gasteiger partial charge in [-0.3, -0.25) is 0 Å². The number of hydrogen-bond donors (Lipinski definition) is 2. The molecule has 11 heavy (non-hydrogen) atoms. The van der Waals surface area contributed by atoms with E-state index in [0.29, 0.717) is 0 Å². The van der Waals surface area contributed by atoms with Crippen LogP contribution < -0.4 is 5.32 Å². The highest BCUT2D eigenvalue weighted by atomic mass is 16.5. The van der Waals surface area contributed by atoms with Gasteiger partial charge in [0.2, 0.25) is 0 Å². The van der Waals surface area contributed by atoms with E-state index < -0.39 is 12.1 Å². The second kappa shape index (κ2) is 5.09. The molecule has 0 aromatic rings. The summed E-state index contributed by atoms with van der Waals surface area (Å²) in [5.74, 6) is -0.599. The highest BCUT2D eigenvalue weighted by molar-refractivity contribution is 5.74. The smallest absolute Gasteiger partial charge is 0.336 e. The Hall–Kier alpha value is -0.610. The zero-order chi connectivity index (χ0) is 8.85. The van der Waals surface area contributed by atoms with Gasteiger partial charge in [0, 0.05) is 12.6 Å². The summed E-state index contributed by atoms with van der Waals surface area (Å²) >= 11 is 0. The molecule has 0 saturated heterocycles. The molecule has 4 nitrogen and oxygen atoms in total.